The molecule has 0 aromatic heterocycles. The first-order valence-electron chi connectivity index (χ1n) is 7.74. The van der Waals surface area contributed by atoms with Crippen molar-refractivity contribution < 1.29 is 9.84 Å². The molecule has 3 aliphatic rings. The predicted octanol–water partition coefficient (Wildman–Crippen LogP) is 2.04. The van der Waals surface area contributed by atoms with Gasteiger partial charge in [0.25, 0.3) is 0 Å². The molecule has 0 unspecified atom stereocenters. The molecule has 1 aliphatic carbocycles. The second kappa shape index (κ2) is 5.48. The lowest BCUT2D eigenvalue weighted by Gasteiger charge is -2.40. The highest BCUT2D eigenvalue weighted by atomic mass is 16.5. The van der Waals surface area contributed by atoms with E-state index in [0.29, 0.717) is 18.6 Å². The summed E-state index contributed by atoms with van der Waals surface area (Å²) in [5.74, 6) is 1.30. The average Bonchev–Trinajstić information content (AvgIpc) is 3.16. The summed E-state index contributed by atoms with van der Waals surface area (Å²) in [6.45, 7) is 4.55. The van der Waals surface area contributed by atoms with Gasteiger partial charge in [-0.3, -0.25) is 4.90 Å². The Morgan fingerprint density at radius 1 is 1.17 bits per heavy atom. The number of rotatable bonds is 6. The van der Waals surface area contributed by atoms with E-state index in [4.69, 9.17) is 4.74 Å². The minimum atomic E-state index is 0.317. The third-order valence-corrected chi connectivity index (χ3v) is 4.94. The SMILES string of the molecule is C[C@@H](CO)CN1[C@@H]2CC[C@@H]1CC(OCC1CC1)C2. The molecule has 18 heavy (non-hydrogen) atoms. The number of hydrogen-bond acceptors (Lipinski definition) is 3. The lowest BCUT2D eigenvalue weighted by atomic mass is 9.98. The molecular weight excluding hydrogens is 226 g/mol. The fourth-order valence-electron chi connectivity index (χ4n) is 3.63. The van der Waals surface area contributed by atoms with Gasteiger partial charge in [-0.1, -0.05) is 6.92 Å². The molecule has 3 heteroatoms. The molecule has 0 amide bonds. The van der Waals surface area contributed by atoms with Crippen LogP contribution in [-0.2, 0) is 4.74 Å². The lowest BCUT2D eigenvalue weighted by Crippen LogP contribution is -2.47. The smallest absolute Gasteiger partial charge is 0.0605 e. The van der Waals surface area contributed by atoms with Gasteiger partial charge in [-0.15, -0.1) is 0 Å². The van der Waals surface area contributed by atoms with E-state index in [1.807, 2.05) is 0 Å². The average molecular weight is 253 g/mol. The highest BCUT2D eigenvalue weighted by Crippen LogP contribution is 2.38. The topological polar surface area (TPSA) is 32.7 Å². The zero-order valence-electron chi connectivity index (χ0n) is 11.6. The molecule has 0 spiro atoms. The number of hydrogen-bond donors (Lipinski definition) is 1. The quantitative estimate of drug-likeness (QED) is 0.786. The van der Waals surface area contributed by atoms with E-state index in [0.717, 1.165) is 31.2 Å². The van der Waals surface area contributed by atoms with Gasteiger partial charge in [-0.25, -0.2) is 0 Å². The molecule has 0 radical (unpaired) electrons. The van der Waals surface area contributed by atoms with E-state index >= 15 is 0 Å². The van der Waals surface area contributed by atoms with Crippen molar-refractivity contribution in [2.75, 3.05) is 19.8 Å². The van der Waals surface area contributed by atoms with Crippen molar-refractivity contribution in [2.24, 2.45) is 11.8 Å². The molecule has 2 bridgehead atoms. The normalized spacial score (nSPS) is 38.0. The molecule has 2 saturated heterocycles. The van der Waals surface area contributed by atoms with E-state index in [2.05, 4.69) is 11.8 Å². The Hall–Kier alpha value is -0.120. The number of piperidine rings is 1. The number of ether oxygens (including phenoxy) is 1. The standard InChI is InChI=1S/C15H27NO2/c1-11(9-17)8-16-13-4-5-14(16)7-15(6-13)18-10-12-2-3-12/h11-15,17H,2-10H2,1H3/t11-,13-,14-/m1/s1. The maximum atomic E-state index is 9.21. The molecule has 3 fully saturated rings. The van der Waals surface area contributed by atoms with Gasteiger partial charge in [0.05, 0.1) is 6.10 Å². The summed E-state index contributed by atoms with van der Waals surface area (Å²) < 4.78 is 6.09. The summed E-state index contributed by atoms with van der Waals surface area (Å²) in [4.78, 5) is 2.65. The van der Waals surface area contributed by atoms with Crippen molar-refractivity contribution in [3.05, 3.63) is 0 Å². The maximum Gasteiger partial charge on any atom is 0.0605 e. The van der Waals surface area contributed by atoms with Gasteiger partial charge in [0.1, 0.15) is 0 Å². The molecule has 0 aromatic carbocycles. The molecule has 3 nitrogen and oxygen atoms in total. The van der Waals surface area contributed by atoms with E-state index in [-0.39, 0.29) is 0 Å². The van der Waals surface area contributed by atoms with Crippen LogP contribution in [-0.4, -0.2) is 48.0 Å². The van der Waals surface area contributed by atoms with Crippen LogP contribution in [0, 0.1) is 11.8 Å². The van der Waals surface area contributed by atoms with Crippen molar-refractivity contribution >= 4 is 0 Å². The summed E-state index contributed by atoms with van der Waals surface area (Å²) in [5.41, 5.74) is 0. The molecule has 2 heterocycles. The minimum Gasteiger partial charge on any atom is -0.396 e. The third-order valence-electron chi connectivity index (χ3n) is 4.94. The van der Waals surface area contributed by atoms with E-state index < -0.39 is 0 Å². The van der Waals surface area contributed by atoms with Crippen LogP contribution in [0.15, 0.2) is 0 Å². The molecule has 0 aromatic rings. The van der Waals surface area contributed by atoms with Gasteiger partial charge in [-0.05, 0) is 50.4 Å². The van der Waals surface area contributed by atoms with Gasteiger partial charge >= 0.3 is 0 Å². The van der Waals surface area contributed by atoms with Crippen molar-refractivity contribution in [3.8, 4) is 0 Å². The molecule has 1 N–H and O–H groups in total. The van der Waals surface area contributed by atoms with Crippen molar-refractivity contribution in [2.45, 2.75) is 63.6 Å². The molecule has 1 saturated carbocycles. The zero-order chi connectivity index (χ0) is 12.5. The first-order chi connectivity index (χ1) is 8.76. The van der Waals surface area contributed by atoms with Crippen molar-refractivity contribution in [1.29, 1.82) is 0 Å². The molecule has 104 valence electrons. The second-order valence-electron chi connectivity index (χ2n) is 6.74. The van der Waals surface area contributed by atoms with Crippen LogP contribution in [0.25, 0.3) is 0 Å². The Morgan fingerprint density at radius 3 is 2.39 bits per heavy atom. The van der Waals surface area contributed by atoms with Gasteiger partial charge in [0.15, 0.2) is 0 Å². The largest absolute Gasteiger partial charge is 0.396 e. The van der Waals surface area contributed by atoms with E-state index in [1.165, 1.54) is 38.5 Å². The van der Waals surface area contributed by atoms with Crippen LogP contribution in [0.4, 0.5) is 0 Å². The highest BCUT2D eigenvalue weighted by molar-refractivity contribution is 4.96. The number of nitrogens with zero attached hydrogens (tertiary/aromatic N) is 1. The Kier molecular flexibility index (Phi) is 3.92. The van der Waals surface area contributed by atoms with Gasteiger partial charge in [0, 0.05) is 31.8 Å². The van der Waals surface area contributed by atoms with Crippen molar-refractivity contribution in [3.63, 3.8) is 0 Å². The first-order valence-corrected chi connectivity index (χ1v) is 7.74. The highest BCUT2D eigenvalue weighted by Gasteiger charge is 2.41. The summed E-state index contributed by atoms with van der Waals surface area (Å²) in [6, 6.07) is 1.45. The zero-order valence-corrected chi connectivity index (χ0v) is 11.6. The monoisotopic (exact) mass is 253 g/mol. The van der Waals surface area contributed by atoms with Crippen LogP contribution in [0.2, 0.25) is 0 Å². The van der Waals surface area contributed by atoms with Gasteiger partial charge in [-0.2, -0.15) is 0 Å². The predicted molar refractivity (Wildman–Crippen MR) is 71.5 cm³/mol. The number of aliphatic hydroxyl groups excluding tert-OH is 1. The van der Waals surface area contributed by atoms with Gasteiger partial charge < -0.3 is 9.84 Å². The fraction of sp³-hybridized carbons (Fsp3) is 1.00. The Morgan fingerprint density at radius 2 is 1.83 bits per heavy atom. The first kappa shape index (κ1) is 12.9. The summed E-state index contributed by atoms with van der Waals surface area (Å²) in [7, 11) is 0. The fourth-order valence-corrected chi connectivity index (χ4v) is 3.63. The van der Waals surface area contributed by atoms with E-state index in [1.54, 1.807) is 0 Å². The van der Waals surface area contributed by atoms with E-state index in [9.17, 15) is 5.11 Å². The van der Waals surface area contributed by atoms with Crippen LogP contribution < -0.4 is 0 Å². The van der Waals surface area contributed by atoms with Crippen LogP contribution >= 0.6 is 0 Å². The molecular formula is C15H27NO2. The number of fused-ring (bicyclic) bond motifs is 2. The lowest BCUT2D eigenvalue weighted by molar-refractivity contribution is -0.0288. The Balaban J connectivity index is 1.49. The molecule has 2 aliphatic heterocycles. The Bertz CT molecular complexity index is 266. The van der Waals surface area contributed by atoms with Crippen LogP contribution in [0.1, 0.15) is 45.4 Å². The maximum absolute atomic E-state index is 9.21. The minimum absolute atomic E-state index is 0.317. The van der Waals surface area contributed by atoms with Crippen molar-refractivity contribution in [1.82, 2.24) is 4.90 Å². The van der Waals surface area contributed by atoms with Gasteiger partial charge in [0.2, 0.25) is 0 Å². The third kappa shape index (κ3) is 2.89. The second-order valence-corrected chi connectivity index (χ2v) is 6.74. The van der Waals surface area contributed by atoms with Crippen LogP contribution in [0.5, 0.6) is 0 Å². The van der Waals surface area contributed by atoms with Crippen LogP contribution in [0.3, 0.4) is 0 Å². The summed E-state index contributed by atoms with van der Waals surface area (Å²) in [6.07, 6.45) is 8.42. The summed E-state index contributed by atoms with van der Waals surface area (Å²) >= 11 is 0. The molecule has 3 rings (SSSR count). The number of aliphatic hydroxyl groups is 1. The molecule has 3 atom stereocenters. The summed E-state index contributed by atoms with van der Waals surface area (Å²) in [5, 5.41) is 9.21. The Labute approximate surface area is 110 Å².